The molecule has 2 aromatic heterocycles. The zero-order valence-corrected chi connectivity index (χ0v) is 13.5. The molecule has 0 saturated carbocycles. The fraction of sp³-hybridized carbons (Fsp3) is 0.0769. The van der Waals surface area contributed by atoms with E-state index in [-0.39, 0.29) is 17.3 Å². The maximum atomic E-state index is 10.8. The molecule has 128 valence electrons. The summed E-state index contributed by atoms with van der Waals surface area (Å²) in [6.45, 7) is 0. The van der Waals surface area contributed by atoms with E-state index in [0.717, 1.165) is 17.5 Å². The first kappa shape index (κ1) is 16.3. The molecule has 0 aliphatic carbocycles. The lowest BCUT2D eigenvalue weighted by Crippen LogP contribution is -1.98. The predicted molar refractivity (Wildman–Crippen MR) is 89.8 cm³/mol. The Morgan fingerprint density at radius 3 is 2.84 bits per heavy atom. The highest BCUT2D eigenvalue weighted by Gasteiger charge is 2.21. The molecule has 0 bridgehead atoms. The molecule has 0 amide bonds. The molecule has 0 fully saturated rings. The molecule has 25 heavy (non-hydrogen) atoms. The summed E-state index contributed by atoms with van der Waals surface area (Å²) in [6, 6.07) is 4.26. The van der Waals surface area contributed by atoms with Gasteiger partial charge in [-0.1, -0.05) is 11.3 Å². The van der Waals surface area contributed by atoms with Gasteiger partial charge in [0, 0.05) is 0 Å². The summed E-state index contributed by atoms with van der Waals surface area (Å²) in [6.07, 6.45) is 2.57. The van der Waals surface area contributed by atoms with Crippen molar-refractivity contribution >= 4 is 28.5 Å². The molecule has 3 aromatic rings. The lowest BCUT2D eigenvalue weighted by atomic mass is 10.2. The number of phenols is 2. The molecule has 0 atom stereocenters. The molecular formula is C13H11N7O4S. The molecule has 0 unspecified atom stereocenters. The second-order valence-corrected chi connectivity index (χ2v) is 5.76. The summed E-state index contributed by atoms with van der Waals surface area (Å²) in [5, 5.41) is 42.0. The van der Waals surface area contributed by atoms with Crippen LogP contribution in [0.25, 0.3) is 10.8 Å². The minimum absolute atomic E-state index is 0.148. The lowest BCUT2D eigenvalue weighted by molar-refractivity contribution is -0.391. The molecule has 12 heteroatoms. The number of aromatic hydroxyl groups is 2. The number of nitrogens with one attached hydrogen (secondary N) is 1. The third-order valence-electron chi connectivity index (χ3n) is 3.14. The zero-order valence-electron chi connectivity index (χ0n) is 12.7. The average molecular weight is 361 g/mol. The van der Waals surface area contributed by atoms with Crippen LogP contribution in [0.3, 0.4) is 0 Å². The summed E-state index contributed by atoms with van der Waals surface area (Å²) in [5.41, 5.74) is 3.23. The maximum Gasteiger partial charge on any atom is 0.342 e. The van der Waals surface area contributed by atoms with Crippen LogP contribution in [-0.4, -0.2) is 41.1 Å². The van der Waals surface area contributed by atoms with Crippen LogP contribution in [-0.2, 0) is 7.05 Å². The van der Waals surface area contributed by atoms with Gasteiger partial charge < -0.3 is 20.3 Å². The first-order valence-corrected chi connectivity index (χ1v) is 7.58. The largest absolute Gasteiger partial charge is 0.504 e. The van der Waals surface area contributed by atoms with Gasteiger partial charge in [-0.2, -0.15) is 5.10 Å². The second-order valence-electron chi connectivity index (χ2n) is 4.79. The van der Waals surface area contributed by atoms with Crippen molar-refractivity contribution in [3.63, 3.8) is 0 Å². The van der Waals surface area contributed by atoms with Crippen LogP contribution in [0.1, 0.15) is 5.56 Å². The Kier molecular flexibility index (Phi) is 4.26. The van der Waals surface area contributed by atoms with Crippen LogP contribution >= 0.6 is 11.3 Å². The van der Waals surface area contributed by atoms with Gasteiger partial charge in [-0.3, -0.25) is 5.43 Å². The first-order chi connectivity index (χ1) is 12.0. The van der Waals surface area contributed by atoms with Gasteiger partial charge in [-0.15, -0.1) is 10.2 Å². The van der Waals surface area contributed by atoms with E-state index >= 15 is 0 Å². The number of hydrogen-bond acceptors (Lipinski definition) is 10. The Morgan fingerprint density at radius 2 is 2.16 bits per heavy atom. The van der Waals surface area contributed by atoms with Crippen molar-refractivity contribution in [3.8, 4) is 22.3 Å². The first-order valence-electron chi connectivity index (χ1n) is 6.76. The van der Waals surface area contributed by atoms with Gasteiger partial charge in [0.05, 0.1) is 13.3 Å². The van der Waals surface area contributed by atoms with Crippen LogP contribution in [0.5, 0.6) is 11.5 Å². The van der Waals surface area contributed by atoms with Gasteiger partial charge in [-0.05, 0) is 28.7 Å². The van der Waals surface area contributed by atoms with Crippen molar-refractivity contribution in [1.82, 2.24) is 19.7 Å². The van der Waals surface area contributed by atoms with E-state index in [4.69, 9.17) is 0 Å². The van der Waals surface area contributed by atoms with E-state index < -0.39 is 4.92 Å². The minimum Gasteiger partial charge on any atom is -0.504 e. The molecule has 0 spiro atoms. The molecule has 0 aliphatic rings. The maximum absolute atomic E-state index is 10.8. The Morgan fingerprint density at radius 1 is 1.36 bits per heavy atom. The Hall–Kier alpha value is -3.54. The van der Waals surface area contributed by atoms with E-state index in [1.165, 1.54) is 30.0 Å². The Balaban J connectivity index is 1.72. The summed E-state index contributed by atoms with van der Waals surface area (Å²) >= 11 is 1.12. The van der Waals surface area contributed by atoms with Crippen LogP contribution in [0.15, 0.2) is 29.5 Å². The second kappa shape index (κ2) is 6.52. The molecule has 2 heterocycles. The van der Waals surface area contributed by atoms with Crippen molar-refractivity contribution in [1.29, 1.82) is 0 Å². The van der Waals surface area contributed by atoms with Gasteiger partial charge in [0.15, 0.2) is 11.5 Å². The number of hydrogen-bond donors (Lipinski definition) is 3. The predicted octanol–water partition coefficient (Wildman–Crippen LogP) is 1.70. The lowest BCUT2D eigenvalue weighted by Gasteiger charge is -1.98. The monoisotopic (exact) mass is 361 g/mol. The normalized spacial score (nSPS) is 11.1. The van der Waals surface area contributed by atoms with E-state index in [2.05, 4.69) is 25.7 Å². The molecule has 0 radical (unpaired) electrons. The highest BCUT2D eigenvalue weighted by atomic mass is 32.1. The summed E-state index contributed by atoms with van der Waals surface area (Å²) in [7, 11) is 1.52. The van der Waals surface area contributed by atoms with Crippen LogP contribution in [0.4, 0.5) is 10.9 Å². The highest BCUT2D eigenvalue weighted by Crippen LogP contribution is 2.27. The van der Waals surface area contributed by atoms with Crippen LogP contribution in [0, 0.1) is 10.1 Å². The van der Waals surface area contributed by atoms with E-state index in [0.29, 0.717) is 21.5 Å². The summed E-state index contributed by atoms with van der Waals surface area (Å²) in [4.78, 5) is 14.3. The summed E-state index contributed by atoms with van der Waals surface area (Å²) in [5.74, 6) is -0.295. The van der Waals surface area contributed by atoms with Crippen LogP contribution < -0.4 is 5.43 Å². The number of nitrogens with zero attached hydrogens (tertiary/aromatic N) is 6. The number of phenolic OH excluding ortho intramolecular Hbond substituents is 2. The van der Waals surface area contributed by atoms with Crippen molar-refractivity contribution in [3.05, 3.63) is 40.1 Å². The van der Waals surface area contributed by atoms with E-state index in [9.17, 15) is 20.3 Å². The molecule has 0 saturated heterocycles. The molecule has 11 nitrogen and oxygen atoms in total. The van der Waals surface area contributed by atoms with Crippen molar-refractivity contribution < 1.29 is 15.1 Å². The Labute approximate surface area is 144 Å². The number of rotatable bonds is 5. The van der Waals surface area contributed by atoms with Crippen LogP contribution in [0.2, 0.25) is 0 Å². The topological polar surface area (TPSA) is 152 Å². The minimum atomic E-state index is -0.534. The number of nitro groups is 1. The SMILES string of the molecule is Cn1c([N+](=O)[O-])cnc1-c1nnc(N/N=C/c2ccc(O)c(O)c2)s1. The zero-order chi connectivity index (χ0) is 18.0. The van der Waals surface area contributed by atoms with Crippen molar-refractivity contribution in [2.45, 2.75) is 0 Å². The van der Waals surface area contributed by atoms with E-state index in [1.54, 1.807) is 6.07 Å². The van der Waals surface area contributed by atoms with Gasteiger partial charge in [-0.25, -0.2) is 9.55 Å². The number of anilines is 1. The highest BCUT2D eigenvalue weighted by molar-refractivity contribution is 7.18. The summed E-state index contributed by atoms with van der Waals surface area (Å²) < 4.78 is 1.31. The number of aromatic nitrogens is 4. The van der Waals surface area contributed by atoms with Gasteiger partial charge in [0.2, 0.25) is 10.1 Å². The molecule has 0 aliphatic heterocycles. The number of benzene rings is 1. The fourth-order valence-electron chi connectivity index (χ4n) is 1.91. The van der Waals surface area contributed by atoms with Gasteiger partial charge in [0.1, 0.15) is 6.20 Å². The standard InChI is InChI=1S/C13H11N7O4S/c1-19-10(20(23)24)6-14-11(19)12-16-18-13(25-12)17-15-5-7-2-3-8(21)9(22)4-7/h2-6,21-22H,1H3,(H,17,18)/b15-5+. The Bertz CT molecular complexity index is 965. The van der Waals surface area contributed by atoms with Gasteiger partial charge >= 0.3 is 5.82 Å². The van der Waals surface area contributed by atoms with Gasteiger partial charge in [0.25, 0.3) is 5.82 Å². The van der Waals surface area contributed by atoms with E-state index in [1.807, 2.05) is 0 Å². The smallest absolute Gasteiger partial charge is 0.342 e. The molecule has 1 aromatic carbocycles. The van der Waals surface area contributed by atoms with Crippen molar-refractivity contribution in [2.24, 2.45) is 12.1 Å². The number of hydrazone groups is 1. The van der Waals surface area contributed by atoms with Crippen molar-refractivity contribution in [2.75, 3.05) is 5.43 Å². The number of imidazole rings is 1. The third-order valence-corrected chi connectivity index (χ3v) is 3.96. The molecule has 3 N–H and O–H groups in total. The third kappa shape index (κ3) is 3.37. The molecule has 3 rings (SSSR count). The average Bonchev–Trinajstić information content (AvgIpc) is 3.17. The molecular weight excluding hydrogens is 350 g/mol. The fourth-order valence-corrected chi connectivity index (χ4v) is 2.64. The quantitative estimate of drug-likeness (QED) is 0.269.